The summed E-state index contributed by atoms with van der Waals surface area (Å²) in [6.45, 7) is 15.0. The molecule has 0 bridgehead atoms. The third kappa shape index (κ3) is 9.64. The van der Waals surface area contributed by atoms with Gasteiger partial charge in [-0.1, -0.05) is 83.7 Å². The van der Waals surface area contributed by atoms with Crippen LogP contribution in [-0.4, -0.2) is 47.3 Å². The number of anilines is 1. The summed E-state index contributed by atoms with van der Waals surface area (Å²) in [5.41, 5.74) is 1.40. The first kappa shape index (κ1) is 31.1. The number of nitrogens with one attached hydrogen (secondary N) is 2. The summed E-state index contributed by atoms with van der Waals surface area (Å²) in [7, 11) is 0. The molecular weight excluding hydrogens is 474 g/mol. The molecule has 0 aliphatic rings. The van der Waals surface area contributed by atoms with Gasteiger partial charge in [-0.2, -0.15) is 0 Å². The van der Waals surface area contributed by atoms with Gasteiger partial charge in [0.1, 0.15) is 0 Å². The van der Waals surface area contributed by atoms with E-state index in [1.165, 1.54) is 106 Å². The van der Waals surface area contributed by atoms with Gasteiger partial charge in [-0.25, -0.2) is 0 Å². The lowest BCUT2D eigenvalue weighted by molar-refractivity contribution is -0.929. The number of ketones is 1. The fourth-order valence-electron chi connectivity index (χ4n) is 4.79. The Hall–Kier alpha value is -3.12. The highest BCUT2D eigenvalue weighted by Gasteiger charge is 2.24. The first-order valence-corrected chi connectivity index (χ1v) is 14.4. The molecule has 2 aromatic carbocycles. The van der Waals surface area contributed by atoms with Crippen LogP contribution in [0.1, 0.15) is 89.4 Å². The van der Waals surface area contributed by atoms with Crippen molar-refractivity contribution in [3.05, 3.63) is 60.3 Å². The predicted octanol–water partition coefficient (Wildman–Crippen LogP) is 7.07. The Kier molecular flexibility index (Phi) is 13.6. The van der Waals surface area contributed by atoms with Crippen LogP contribution in [0.3, 0.4) is 0 Å². The van der Waals surface area contributed by atoms with Crippen LogP contribution in [0.15, 0.2) is 54.7 Å². The number of Topliss-reactive ketones (excluding diaryl/α,β-unsaturated/α-hetero) is 1. The standard InChI is InChI=1S/C16H12N2O3.C16H36N/c19-11-5-3-4-10(8-11)18-16(21)15(20)13-9-17-14-7-2-1-6-12(13)14;1-5-9-13-17(14-10-6-2,15-11-7-3)16-12-8-4/h1-9,17,19H,(H,18,21);5-16H2,1-4H3/q;+1/p-1. The Balaban J connectivity index is 0.000000275. The van der Waals surface area contributed by atoms with E-state index in [2.05, 4.69) is 38.0 Å². The van der Waals surface area contributed by atoms with Gasteiger partial charge in [0.15, 0.2) is 0 Å². The van der Waals surface area contributed by atoms with E-state index in [4.69, 9.17) is 0 Å². The van der Waals surface area contributed by atoms with Crippen LogP contribution in [0.5, 0.6) is 5.75 Å². The maximum atomic E-state index is 12.2. The van der Waals surface area contributed by atoms with Gasteiger partial charge in [0.2, 0.25) is 0 Å². The summed E-state index contributed by atoms with van der Waals surface area (Å²) < 4.78 is 1.42. The van der Waals surface area contributed by atoms with Crippen molar-refractivity contribution in [2.24, 2.45) is 0 Å². The second kappa shape index (κ2) is 16.7. The number of hydrogen-bond donors (Lipinski definition) is 2. The van der Waals surface area contributed by atoms with E-state index in [0.717, 1.165) is 5.52 Å². The lowest BCUT2D eigenvalue weighted by Gasteiger charge is -2.39. The van der Waals surface area contributed by atoms with Crippen LogP contribution in [-0.2, 0) is 4.79 Å². The van der Waals surface area contributed by atoms with Crippen LogP contribution in [0.4, 0.5) is 5.69 Å². The summed E-state index contributed by atoms with van der Waals surface area (Å²) in [5.74, 6) is -1.65. The van der Waals surface area contributed by atoms with Crippen molar-refractivity contribution in [3.63, 3.8) is 0 Å². The number of fused-ring (bicyclic) bond motifs is 1. The number of quaternary nitrogens is 1. The van der Waals surface area contributed by atoms with Crippen LogP contribution < -0.4 is 10.4 Å². The molecule has 0 aliphatic carbocycles. The van der Waals surface area contributed by atoms with E-state index in [9.17, 15) is 14.7 Å². The van der Waals surface area contributed by atoms with Gasteiger partial charge < -0.3 is 19.9 Å². The number of aromatic amines is 1. The second-order valence-electron chi connectivity index (χ2n) is 10.2. The molecule has 0 spiro atoms. The van der Waals surface area contributed by atoms with Crippen molar-refractivity contribution < 1.29 is 19.2 Å². The number of carbonyl (C=O) groups is 2. The maximum Gasteiger partial charge on any atom is 0.296 e. The molecular formula is C32H47N3O3. The fourth-order valence-corrected chi connectivity index (χ4v) is 4.79. The third-order valence-electron chi connectivity index (χ3n) is 7.08. The van der Waals surface area contributed by atoms with Gasteiger partial charge in [-0.15, -0.1) is 5.75 Å². The molecule has 6 heteroatoms. The summed E-state index contributed by atoms with van der Waals surface area (Å²) in [5, 5.41) is 14.3. The molecule has 38 heavy (non-hydrogen) atoms. The Bertz CT molecular complexity index is 1080. The van der Waals surface area contributed by atoms with Crippen LogP contribution in [0, 0.1) is 0 Å². The van der Waals surface area contributed by atoms with Gasteiger partial charge in [0.25, 0.3) is 11.7 Å². The Labute approximate surface area is 229 Å². The van der Waals surface area contributed by atoms with Crippen molar-refractivity contribution in [2.75, 3.05) is 31.5 Å². The number of nitrogens with zero attached hydrogens (tertiary/aromatic N) is 1. The number of aromatic nitrogens is 1. The first-order chi connectivity index (χ1) is 18.4. The molecule has 0 fully saturated rings. The van der Waals surface area contributed by atoms with Gasteiger partial charge >= 0.3 is 0 Å². The normalized spacial score (nSPS) is 11.2. The molecule has 1 amide bonds. The van der Waals surface area contributed by atoms with Gasteiger partial charge in [0, 0.05) is 22.8 Å². The largest absolute Gasteiger partial charge is 0.872 e. The van der Waals surface area contributed by atoms with Crippen molar-refractivity contribution in [2.45, 2.75) is 79.1 Å². The molecule has 0 radical (unpaired) electrons. The molecule has 3 rings (SSSR count). The summed E-state index contributed by atoms with van der Waals surface area (Å²) in [6, 6.07) is 12.9. The van der Waals surface area contributed by atoms with E-state index >= 15 is 0 Å². The molecule has 2 N–H and O–H groups in total. The van der Waals surface area contributed by atoms with Crippen LogP contribution in [0.2, 0.25) is 0 Å². The quantitative estimate of drug-likeness (QED) is 0.127. The zero-order valence-electron chi connectivity index (χ0n) is 23.9. The zero-order chi connectivity index (χ0) is 27.8. The summed E-state index contributed by atoms with van der Waals surface area (Å²) in [4.78, 5) is 27.1. The highest BCUT2D eigenvalue weighted by Crippen LogP contribution is 2.20. The number of unbranched alkanes of at least 4 members (excludes halogenated alkanes) is 4. The fraction of sp³-hybridized carbons (Fsp3) is 0.500. The van der Waals surface area contributed by atoms with Crippen molar-refractivity contribution in [3.8, 4) is 5.75 Å². The molecule has 208 valence electrons. The van der Waals surface area contributed by atoms with E-state index in [-0.39, 0.29) is 5.75 Å². The van der Waals surface area contributed by atoms with Gasteiger partial charge in [0.05, 0.1) is 31.7 Å². The minimum Gasteiger partial charge on any atom is -0.872 e. The highest BCUT2D eigenvalue weighted by atomic mass is 16.3. The van der Waals surface area contributed by atoms with Crippen molar-refractivity contribution in [1.82, 2.24) is 4.98 Å². The number of amides is 1. The number of H-pyrrole nitrogens is 1. The average molecular weight is 522 g/mol. The van der Waals surface area contributed by atoms with Crippen LogP contribution in [0.25, 0.3) is 10.9 Å². The van der Waals surface area contributed by atoms with Gasteiger partial charge in [-0.05, 0) is 43.9 Å². The molecule has 0 aliphatic heterocycles. The highest BCUT2D eigenvalue weighted by molar-refractivity contribution is 6.48. The predicted molar refractivity (Wildman–Crippen MR) is 157 cm³/mol. The summed E-state index contributed by atoms with van der Waals surface area (Å²) >= 11 is 0. The molecule has 0 unspecified atom stereocenters. The monoisotopic (exact) mass is 521 g/mol. The molecule has 0 saturated carbocycles. The minimum atomic E-state index is -0.773. The Morgan fingerprint density at radius 1 is 0.789 bits per heavy atom. The number of hydrogen-bond acceptors (Lipinski definition) is 3. The second-order valence-corrected chi connectivity index (χ2v) is 10.2. The zero-order valence-corrected chi connectivity index (χ0v) is 23.9. The summed E-state index contributed by atoms with van der Waals surface area (Å²) in [6.07, 6.45) is 12.6. The number of rotatable bonds is 15. The Morgan fingerprint density at radius 3 is 1.87 bits per heavy atom. The minimum absolute atomic E-state index is 0.229. The lowest BCUT2D eigenvalue weighted by Crippen LogP contribution is -2.50. The molecule has 6 nitrogen and oxygen atoms in total. The number of carbonyl (C=O) groups excluding carboxylic acids is 2. The first-order valence-electron chi connectivity index (χ1n) is 14.4. The number of benzene rings is 2. The SMILES string of the molecule is CCCC[N+](CCCC)(CCCC)CCCC.O=C(Nc1cccc([O-])c1)C(=O)c1c[nH]c2ccccc12. The third-order valence-corrected chi connectivity index (χ3v) is 7.08. The molecule has 1 aromatic heterocycles. The lowest BCUT2D eigenvalue weighted by atomic mass is 10.1. The van der Waals surface area contributed by atoms with Crippen molar-refractivity contribution >= 4 is 28.3 Å². The maximum absolute atomic E-state index is 12.2. The van der Waals surface area contributed by atoms with Crippen molar-refractivity contribution in [1.29, 1.82) is 0 Å². The molecule has 1 heterocycles. The van der Waals surface area contributed by atoms with E-state index in [1.807, 2.05) is 12.1 Å². The number of para-hydroxylation sites is 1. The Morgan fingerprint density at radius 2 is 1.34 bits per heavy atom. The van der Waals surface area contributed by atoms with Gasteiger partial charge in [-0.3, -0.25) is 9.59 Å². The molecule has 0 saturated heterocycles. The van der Waals surface area contributed by atoms with E-state index in [0.29, 0.717) is 16.6 Å². The average Bonchev–Trinajstić information content (AvgIpc) is 3.36. The molecule has 3 aromatic rings. The smallest absolute Gasteiger partial charge is 0.296 e. The van der Waals surface area contributed by atoms with E-state index < -0.39 is 11.7 Å². The molecule has 0 atom stereocenters. The van der Waals surface area contributed by atoms with Crippen LogP contribution >= 0.6 is 0 Å². The topological polar surface area (TPSA) is 85.0 Å². The van der Waals surface area contributed by atoms with E-state index in [1.54, 1.807) is 18.2 Å².